The minimum absolute atomic E-state index is 0.0902. The van der Waals surface area contributed by atoms with Crippen molar-refractivity contribution in [3.05, 3.63) is 51.2 Å². The van der Waals surface area contributed by atoms with Crippen molar-refractivity contribution in [2.45, 2.75) is 31.7 Å². The minimum atomic E-state index is -3.53. The Bertz CT molecular complexity index is 1010. The summed E-state index contributed by atoms with van der Waals surface area (Å²) in [6.07, 6.45) is 1.00. The predicted octanol–water partition coefficient (Wildman–Crippen LogP) is 2.26. The summed E-state index contributed by atoms with van der Waals surface area (Å²) in [5.41, 5.74) is 3.02. The maximum absolute atomic E-state index is 13.1. The van der Waals surface area contributed by atoms with Crippen LogP contribution in [-0.2, 0) is 27.8 Å². The van der Waals surface area contributed by atoms with Gasteiger partial charge in [0.15, 0.2) is 0 Å². The van der Waals surface area contributed by atoms with E-state index >= 15 is 0 Å². The maximum Gasteiger partial charge on any atom is 0.243 e. The standard InChI is InChI=1S/C21H27N3O3S2/c1-16-3-4-17(2)20(13-16)29(26,27)24-10-8-23(9-11-24)21(25)15-22-7-5-19-18(14-22)6-12-28-19/h3-4,6,12-13H,5,7-11,14-15H2,1-2H3. The summed E-state index contributed by atoms with van der Waals surface area (Å²) in [5.74, 6) is 0.0902. The second-order valence-corrected chi connectivity index (χ2v) is 10.8. The van der Waals surface area contributed by atoms with Gasteiger partial charge in [-0.2, -0.15) is 4.31 Å². The lowest BCUT2D eigenvalue weighted by molar-refractivity contribution is -0.133. The molecule has 6 nitrogen and oxygen atoms in total. The number of hydrogen-bond acceptors (Lipinski definition) is 5. The van der Waals surface area contributed by atoms with Crippen LogP contribution in [-0.4, -0.2) is 67.7 Å². The molecule has 1 saturated heterocycles. The van der Waals surface area contributed by atoms with Crippen LogP contribution in [0.25, 0.3) is 0 Å². The van der Waals surface area contributed by atoms with E-state index < -0.39 is 10.0 Å². The third kappa shape index (κ3) is 4.26. The molecule has 1 fully saturated rings. The minimum Gasteiger partial charge on any atom is -0.339 e. The average molecular weight is 434 g/mol. The van der Waals surface area contributed by atoms with Gasteiger partial charge in [0.25, 0.3) is 0 Å². The van der Waals surface area contributed by atoms with Gasteiger partial charge in [-0.3, -0.25) is 9.69 Å². The molecule has 156 valence electrons. The number of carbonyl (C=O) groups excluding carboxylic acids is 1. The first kappa shape index (κ1) is 20.5. The molecule has 0 aliphatic carbocycles. The highest BCUT2D eigenvalue weighted by Gasteiger charge is 2.31. The molecular weight excluding hydrogens is 406 g/mol. The van der Waals surface area contributed by atoms with Crippen molar-refractivity contribution >= 4 is 27.3 Å². The lowest BCUT2D eigenvalue weighted by Gasteiger charge is -2.36. The highest BCUT2D eigenvalue weighted by atomic mass is 32.2. The number of fused-ring (bicyclic) bond motifs is 1. The van der Waals surface area contributed by atoms with E-state index in [9.17, 15) is 13.2 Å². The van der Waals surface area contributed by atoms with Crippen LogP contribution in [0.1, 0.15) is 21.6 Å². The number of thiophene rings is 1. The highest BCUT2D eigenvalue weighted by Crippen LogP contribution is 2.25. The van der Waals surface area contributed by atoms with Crippen LogP contribution in [0.4, 0.5) is 0 Å². The van der Waals surface area contributed by atoms with Gasteiger partial charge < -0.3 is 4.90 Å². The second kappa shape index (κ2) is 8.18. The Balaban J connectivity index is 1.35. The first-order valence-electron chi connectivity index (χ1n) is 9.97. The third-order valence-electron chi connectivity index (χ3n) is 5.80. The van der Waals surface area contributed by atoms with Crippen molar-refractivity contribution in [3.63, 3.8) is 0 Å². The summed E-state index contributed by atoms with van der Waals surface area (Å²) < 4.78 is 27.6. The van der Waals surface area contributed by atoms with E-state index in [0.29, 0.717) is 37.6 Å². The number of amides is 1. The molecule has 2 aromatic rings. The van der Waals surface area contributed by atoms with Crippen molar-refractivity contribution in [2.75, 3.05) is 39.3 Å². The Hall–Kier alpha value is -1.74. The zero-order valence-electron chi connectivity index (χ0n) is 16.9. The van der Waals surface area contributed by atoms with Crippen LogP contribution in [0.2, 0.25) is 0 Å². The van der Waals surface area contributed by atoms with E-state index in [2.05, 4.69) is 16.3 Å². The van der Waals surface area contributed by atoms with Crippen LogP contribution in [0.5, 0.6) is 0 Å². The Kier molecular flexibility index (Phi) is 5.79. The Morgan fingerprint density at radius 3 is 2.59 bits per heavy atom. The summed E-state index contributed by atoms with van der Waals surface area (Å²) in [6, 6.07) is 7.65. The molecule has 1 aromatic heterocycles. The molecule has 29 heavy (non-hydrogen) atoms. The topological polar surface area (TPSA) is 60.9 Å². The number of sulfonamides is 1. The van der Waals surface area contributed by atoms with Gasteiger partial charge >= 0.3 is 0 Å². The molecule has 0 N–H and O–H groups in total. The van der Waals surface area contributed by atoms with Gasteiger partial charge in [0, 0.05) is 44.1 Å². The summed E-state index contributed by atoms with van der Waals surface area (Å²) >= 11 is 1.79. The number of carbonyl (C=O) groups is 1. The number of rotatable bonds is 4. The van der Waals surface area contributed by atoms with Gasteiger partial charge in [-0.15, -0.1) is 11.3 Å². The van der Waals surface area contributed by atoms with E-state index in [1.54, 1.807) is 22.3 Å². The van der Waals surface area contributed by atoms with Crippen LogP contribution in [0.15, 0.2) is 34.5 Å². The number of benzene rings is 1. The molecule has 2 aliphatic rings. The molecule has 0 unspecified atom stereocenters. The molecule has 1 aromatic carbocycles. The SMILES string of the molecule is Cc1ccc(C)c(S(=O)(=O)N2CCN(C(=O)CN3CCc4sccc4C3)CC2)c1. The smallest absolute Gasteiger partial charge is 0.243 e. The van der Waals surface area contributed by atoms with E-state index in [-0.39, 0.29) is 5.91 Å². The van der Waals surface area contributed by atoms with Crippen molar-refractivity contribution in [1.29, 1.82) is 0 Å². The van der Waals surface area contributed by atoms with Crippen LogP contribution >= 0.6 is 11.3 Å². The van der Waals surface area contributed by atoms with Gasteiger partial charge in [-0.25, -0.2) is 8.42 Å². The highest BCUT2D eigenvalue weighted by molar-refractivity contribution is 7.89. The number of nitrogens with zero attached hydrogens (tertiary/aromatic N) is 3. The number of hydrogen-bond donors (Lipinski definition) is 0. The van der Waals surface area contributed by atoms with Gasteiger partial charge in [-0.1, -0.05) is 12.1 Å². The zero-order valence-corrected chi connectivity index (χ0v) is 18.6. The zero-order chi connectivity index (χ0) is 20.6. The van der Waals surface area contributed by atoms with Gasteiger partial charge in [0.1, 0.15) is 0 Å². The molecule has 2 aliphatic heterocycles. The predicted molar refractivity (Wildman–Crippen MR) is 115 cm³/mol. The lowest BCUT2D eigenvalue weighted by atomic mass is 10.1. The Labute approximate surface area is 176 Å². The fourth-order valence-electron chi connectivity index (χ4n) is 4.04. The van der Waals surface area contributed by atoms with Crippen LogP contribution in [0.3, 0.4) is 0 Å². The van der Waals surface area contributed by atoms with E-state index in [1.807, 2.05) is 26.0 Å². The number of piperazine rings is 1. The molecule has 0 bridgehead atoms. The van der Waals surface area contributed by atoms with Crippen molar-refractivity contribution in [1.82, 2.24) is 14.1 Å². The van der Waals surface area contributed by atoms with Gasteiger partial charge in [-0.05, 0) is 54.5 Å². The van der Waals surface area contributed by atoms with Crippen molar-refractivity contribution in [2.24, 2.45) is 0 Å². The molecule has 1 amide bonds. The first-order chi connectivity index (χ1) is 13.8. The lowest BCUT2D eigenvalue weighted by Crippen LogP contribution is -2.52. The average Bonchev–Trinajstić information content (AvgIpc) is 3.17. The summed E-state index contributed by atoms with van der Waals surface area (Å²) in [5, 5.41) is 2.12. The van der Waals surface area contributed by atoms with Gasteiger partial charge in [0.2, 0.25) is 15.9 Å². The summed E-state index contributed by atoms with van der Waals surface area (Å²) in [7, 11) is -3.53. The fraction of sp³-hybridized carbons (Fsp3) is 0.476. The van der Waals surface area contributed by atoms with E-state index in [0.717, 1.165) is 30.6 Å². The largest absolute Gasteiger partial charge is 0.339 e. The first-order valence-corrected chi connectivity index (χ1v) is 12.3. The van der Waals surface area contributed by atoms with Gasteiger partial charge in [0.05, 0.1) is 11.4 Å². The monoisotopic (exact) mass is 433 g/mol. The number of aryl methyl sites for hydroxylation is 2. The van der Waals surface area contributed by atoms with E-state index in [4.69, 9.17) is 0 Å². The molecule has 0 radical (unpaired) electrons. The molecule has 4 rings (SSSR count). The van der Waals surface area contributed by atoms with Crippen molar-refractivity contribution in [3.8, 4) is 0 Å². The Morgan fingerprint density at radius 2 is 1.83 bits per heavy atom. The maximum atomic E-state index is 13.1. The van der Waals surface area contributed by atoms with Crippen molar-refractivity contribution < 1.29 is 13.2 Å². The Morgan fingerprint density at radius 1 is 1.07 bits per heavy atom. The van der Waals surface area contributed by atoms with Crippen LogP contribution < -0.4 is 0 Å². The fourth-order valence-corrected chi connectivity index (χ4v) is 6.66. The molecule has 0 atom stereocenters. The molecular formula is C21H27N3O3S2. The normalized spacial score (nSPS) is 18.6. The quantitative estimate of drug-likeness (QED) is 0.742. The molecule has 8 heteroatoms. The summed E-state index contributed by atoms with van der Waals surface area (Å²) in [6.45, 7) is 7.43. The summed E-state index contributed by atoms with van der Waals surface area (Å²) in [4.78, 5) is 18.6. The third-order valence-corrected chi connectivity index (χ3v) is 8.86. The molecule has 0 saturated carbocycles. The molecule has 3 heterocycles. The molecule has 0 spiro atoms. The van der Waals surface area contributed by atoms with Crippen LogP contribution in [0, 0.1) is 13.8 Å². The second-order valence-electron chi connectivity index (χ2n) is 7.88. The van der Waals surface area contributed by atoms with E-state index in [1.165, 1.54) is 14.7 Å².